The smallest absolute Gasteiger partial charge is 0.326 e. The van der Waals surface area contributed by atoms with Crippen LogP contribution < -0.4 is 15.4 Å². The van der Waals surface area contributed by atoms with E-state index < -0.39 is 17.8 Å². The average molecular weight is 600 g/mol. The Bertz CT molecular complexity index is 1510. The molecule has 0 radical (unpaired) electrons. The maximum atomic E-state index is 13.5. The zero-order valence-corrected chi connectivity index (χ0v) is 24.7. The molecule has 0 fully saturated rings. The maximum Gasteiger partial charge on any atom is 0.326 e. The van der Waals surface area contributed by atoms with Crippen molar-refractivity contribution in [3.8, 4) is 17.0 Å². The van der Waals surface area contributed by atoms with Crippen molar-refractivity contribution in [3.63, 3.8) is 0 Å². The van der Waals surface area contributed by atoms with Crippen LogP contribution in [0.4, 0.5) is 16.0 Å². The van der Waals surface area contributed by atoms with Crippen LogP contribution in [0.1, 0.15) is 36.9 Å². The van der Waals surface area contributed by atoms with Gasteiger partial charge in [-0.15, -0.1) is 0 Å². The minimum Gasteiger partial charge on any atom is -0.491 e. The minimum absolute atomic E-state index is 0.318. The van der Waals surface area contributed by atoms with E-state index in [9.17, 15) is 14.3 Å². The number of hydrogen-bond acceptors (Lipinski definition) is 9. The third kappa shape index (κ3) is 9.18. The molecule has 4 heterocycles. The average Bonchev–Trinajstić information content (AvgIpc) is 3.05. The molecular weight excluding hydrogens is 561 g/mol. The summed E-state index contributed by atoms with van der Waals surface area (Å²) >= 11 is 0. The molecule has 44 heavy (non-hydrogen) atoms. The van der Waals surface area contributed by atoms with Crippen LogP contribution in [0.2, 0.25) is 0 Å². The molecule has 1 aliphatic heterocycles. The van der Waals surface area contributed by atoms with Gasteiger partial charge in [0.2, 0.25) is 0 Å². The molecule has 1 atom stereocenters. The molecule has 0 spiro atoms. The second-order valence-corrected chi connectivity index (χ2v) is 10.8. The molecule has 10 nitrogen and oxygen atoms in total. The van der Waals surface area contributed by atoms with Crippen LogP contribution >= 0.6 is 0 Å². The van der Waals surface area contributed by atoms with E-state index in [0.717, 1.165) is 68.5 Å². The first-order valence-electron chi connectivity index (χ1n) is 15.1. The Kier molecular flexibility index (Phi) is 11.0. The van der Waals surface area contributed by atoms with Crippen molar-refractivity contribution in [2.24, 2.45) is 0 Å². The van der Waals surface area contributed by atoms with Crippen LogP contribution in [0.25, 0.3) is 11.3 Å². The summed E-state index contributed by atoms with van der Waals surface area (Å²) in [6.45, 7) is 3.10. The van der Waals surface area contributed by atoms with Gasteiger partial charge >= 0.3 is 5.97 Å². The summed E-state index contributed by atoms with van der Waals surface area (Å²) in [6.07, 6.45) is 11.0. The number of aliphatic carboxylic acids is 1. The fourth-order valence-corrected chi connectivity index (χ4v) is 5.18. The lowest BCUT2D eigenvalue weighted by Gasteiger charge is -2.24. The molecule has 0 saturated carbocycles. The second-order valence-electron chi connectivity index (χ2n) is 10.8. The molecule has 230 valence electrons. The first-order chi connectivity index (χ1) is 21.5. The number of nitrogens with zero attached hydrogens (tertiary/aromatic N) is 5. The molecule has 0 aliphatic carbocycles. The van der Waals surface area contributed by atoms with E-state index in [4.69, 9.17) is 9.72 Å². The number of rotatable bonds is 16. The summed E-state index contributed by atoms with van der Waals surface area (Å²) in [5.74, 6) is 0.343. The molecule has 1 aromatic carbocycles. The van der Waals surface area contributed by atoms with Crippen LogP contribution in [0, 0.1) is 5.82 Å². The van der Waals surface area contributed by atoms with E-state index in [1.165, 1.54) is 24.0 Å². The summed E-state index contributed by atoms with van der Waals surface area (Å²) in [7, 11) is 0. The number of aryl methyl sites for hydroxylation is 2. The normalized spacial score (nSPS) is 13.1. The fourth-order valence-electron chi connectivity index (χ4n) is 5.18. The Morgan fingerprint density at radius 3 is 2.73 bits per heavy atom. The van der Waals surface area contributed by atoms with Crippen LogP contribution in [-0.4, -0.2) is 74.7 Å². The molecule has 0 bridgehead atoms. The van der Waals surface area contributed by atoms with E-state index in [2.05, 4.69) is 42.6 Å². The highest BCUT2D eigenvalue weighted by Crippen LogP contribution is 2.21. The van der Waals surface area contributed by atoms with Crippen molar-refractivity contribution in [1.82, 2.24) is 24.8 Å². The minimum atomic E-state index is -0.967. The van der Waals surface area contributed by atoms with Gasteiger partial charge in [-0.1, -0.05) is 36.4 Å². The molecule has 0 unspecified atom stereocenters. The standard InChI is InChI=1S/C33H38FN7O3/c34-26-19-28(21-35-20-26)44-18-17-41(15-5-4-10-27-12-11-25-9-6-14-37-32(25)38-27)16-13-29(33(42)43)39-31-23-36-22-30(40-31)24-7-2-1-3-8-24/h1-3,7-8,11-12,19-23,29H,4-6,9-10,13-18H2,(H,37,38)(H,39,40)(H,42,43)/t29-/m0/s1. The third-order valence-corrected chi connectivity index (χ3v) is 7.52. The third-order valence-electron chi connectivity index (χ3n) is 7.52. The summed E-state index contributed by atoms with van der Waals surface area (Å²) in [5.41, 5.74) is 3.91. The number of ether oxygens (including phenoxy) is 1. The molecule has 1 aliphatic rings. The van der Waals surface area contributed by atoms with Crippen molar-refractivity contribution in [2.45, 2.75) is 44.6 Å². The van der Waals surface area contributed by atoms with Gasteiger partial charge in [0, 0.05) is 37.0 Å². The highest BCUT2D eigenvalue weighted by Gasteiger charge is 2.20. The van der Waals surface area contributed by atoms with Crippen molar-refractivity contribution in [2.75, 3.05) is 43.4 Å². The highest BCUT2D eigenvalue weighted by molar-refractivity contribution is 5.77. The predicted octanol–water partition coefficient (Wildman–Crippen LogP) is 5.09. The SMILES string of the molecule is O=C(O)[C@H](CCN(CCCCc1ccc2c(n1)NCCC2)CCOc1cncc(F)c1)Nc1cncc(-c2ccccc2)n1. The lowest BCUT2D eigenvalue weighted by Crippen LogP contribution is -2.37. The zero-order chi connectivity index (χ0) is 30.6. The van der Waals surface area contributed by atoms with Gasteiger partial charge < -0.3 is 20.5 Å². The van der Waals surface area contributed by atoms with Crippen LogP contribution in [-0.2, 0) is 17.6 Å². The topological polar surface area (TPSA) is 125 Å². The molecule has 0 amide bonds. The van der Waals surface area contributed by atoms with Crippen LogP contribution in [0.3, 0.4) is 0 Å². The number of fused-ring (bicyclic) bond motifs is 1. The van der Waals surface area contributed by atoms with Gasteiger partial charge in [-0.2, -0.15) is 0 Å². The second kappa shape index (κ2) is 15.7. The predicted molar refractivity (Wildman–Crippen MR) is 167 cm³/mol. The Hall–Kier alpha value is -4.64. The Balaban J connectivity index is 1.17. The van der Waals surface area contributed by atoms with Crippen LogP contribution in [0.5, 0.6) is 5.75 Å². The van der Waals surface area contributed by atoms with Gasteiger partial charge in [-0.05, 0) is 56.7 Å². The first-order valence-corrected chi connectivity index (χ1v) is 15.1. The van der Waals surface area contributed by atoms with Crippen LogP contribution in [0.15, 0.2) is 73.3 Å². The molecule has 4 aromatic rings. The van der Waals surface area contributed by atoms with Crippen molar-refractivity contribution >= 4 is 17.6 Å². The number of aromatic nitrogens is 4. The summed E-state index contributed by atoms with van der Waals surface area (Å²) in [5, 5.41) is 16.4. The molecule has 3 aromatic heterocycles. The number of hydrogen-bond donors (Lipinski definition) is 3. The largest absolute Gasteiger partial charge is 0.491 e. The monoisotopic (exact) mass is 599 g/mol. The van der Waals surface area contributed by atoms with Gasteiger partial charge in [0.05, 0.1) is 30.5 Å². The fraction of sp³-hybridized carbons (Fsp3) is 0.364. The van der Waals surface area contributed by atoms with E-state index in [1.807, 2.05) is 30.3 Å². The van der Waals surface area contributed by atoms with Gasteiger partial charge in [-0.3, -0.25) is 14.9 Å². The van der Waals surface area contributed by atoms with E-state index in [-0.39, 0.29) is 0 Å². The number of unbranched alkanes of at least 4 members (excludes halogenated alkanes) is 1. The Labute approximate surface area is 256 Å². The van der Waals surface area contributed by atoms with Crippen molar-refractivity contribution in [3.05, 3.63) is 90.4 Å². The summed E-state index contributed by atoms with van der Waals surface area (Å²) in [6, 6.07) is 14.3. The molecular formula is C33H38FN7O3. The highest BCUT2D eigenvalue weighted by atomic mass is 19.1. The van der Waals surface area contributed by atoms with Gasteiger partial charge in [0.25, 0.3) is 0 Å². The first kappa shape index (κ1) is 30.8. The summed E-state index contributed by atoms with van der Waals surface area (Å²) < 4.78 is 19.3. The van der Waals surface area contributed by atoms with E-state index in [1.54, 1.807) is 6.20 Å². The van der Waals surface area contributed by atoms with Gasteiger partial charge in [0.15, 0.2) is 0 Å². The van der Waals surface area contributed by atoms with E-state index >= 15 is 0 Å². The van der Waals surface area contributed by atoms with Gasteiger partial charge in [0.1, 0.15) is 35.9 Å². The number of benzene rings is 1. The molecule has 3 N–H and O–H groups in total. The quantitative estimate of drug-likeness (QED) is 0.150. The number of pyridine rings is 2. The number of carboxylic acid groups (broad SMARTS) is 1. The number of anilines is 2. The lowest BCUT2D eigenvalue weighted by molar-refractivity contribution is -0.138. The molecule has 5 rings (SSSR count). The van der Waals surface area contributed by atoms with E-state index in [0.29, 0.717) is 43.4 Å². The molecule has 0 saturated heterocycles. The van der Waals surface area contributed by atoms with Crippen molar-refractivity contribution < 1.29 is 19.0 Å². The van der Waals surface area contributed by atoms with Gasteiger partial charge in [-0.25, -0.2) is 19.2 Å². The zero-order valence-electron chi connectivity index (χ0n) is 24.7. The number of carbonyl (C=O) groups is 1. The Morgan fingerprint density at radius 1 is 1.02 bits per heavy atom. The number of nitrogens with one attached hydrogen (secondary N) is 2. The maximum absolute atomic E-state index is 13.5. The Morgan fingerprint density at radius 2 is 1.89 bits per heavy atom. The number of halogens is 1. The molecule has 11 heteroatoms. The summed E-state index contributed by atoms with van der Waals surface area (Å²) in [4.78, 5) is 31.9. The van der Waals surface area contributed by atoms with Crippen molar-refractivity contribution in [1.29, 1.82) is 0 Å². The number of carboxylic acids is 1. The lowest BCUT2D eigenvalue weighted by atomic mass is 10.1.